The molecular weight excluding hydrogens is 267 g/mol. The maximum Gasteiger partial charge on any atom is 0.328 e. The normalized spacial score (nSPS) is 10.6. The summed E-state index contributed by atoms with van der Waals surface area (Å²) in [6.07, 6.45) is 2.70. The summed E-state index contributed by atoms with van der Waals surface area (Å²) in [5.74, 6) is 0.114. The van der Waals surface area contributed by atoms with Crippen LogP contribution in [-0.4, -0.2) is 38.6 Å². The van der Waals surface area contributed by atoms with Crippen LogP contribution in [0.25, 0.3) is 6.08 Å². The molecule has 5 nitrogen and oxygen atoms in total. The molecule has 0 aliphatic heterocycles. The fraction of sp³-hybridized carbons (Fsp3) is 0.357. The van der Waals surface area contributed by atoms with Gasteiger partial charge in [-0.05, 0) is 23.8 Å². The number of methoxy groups -OCH3 is 2. The SMILES string of the molecule is COc1cc(/C=C/C(=O)O)cc(OC)c1OCCCF. The lowest BCUT2D eigenvalue weighted by atomic mass is 10.1. The fourth-order valence-electron chi connectivity index (χ4n) is 1.53. The van der Waals surface area contributed by atoms with Crippen LogP contribution < -0.4 is 14.2 Å². The Kier molecular flexibility index (Phi) is 6.36. The molecule has 0 heterocycles. The summed E-state index contributed by atoms with van der Waals surface area (Å²) in [5, 5.41) is 8.62. The van der Waals surface area contributed by atoms with Gasteiger partial charge < -0.3 is 19.3 Å². The smallest absolute Gasteiger partial charge is 0.328 e. The van der Waals surface area contributed by atoms with Crippen LogP contribution in [0, 0.1) is 0 Å². The lowest BCUT2D eigenvalue weighted by Gasteiger charge is -2.15. The minimum absolute atomic E-state index is 0.202. The van der Waals surface area contributed by atoms with Gasteiger partial charge in [0.15, 0.2) is 11.5 Å². The van der Waals surface area contributed by atoms with Gasteiger partial charge in [-0.2, -0.15) is 0 Å². The lowest BCUT2D eigenvalue weighted by molar-refractivity contribution is -0.131. The number of hydrogen-bond donors (Lipinski definition) is 1. The molecule has 0 atom stereocenters. The fourth-order valence-corrected chi connectivity index (χ4v) is 1.53. The Labute approximate surface area is 116 Å². The van der Waals surface area contributed by atoms with Crippen molar-refractivity contribution >= 4 is 12.0 Å². The Morgan fingerprint density at radius 2 is 1.90 bits per heavy atom. The Morgan fingerprint density at radius 3 is 2.35 bits per heavy atom. The molecule has 0 unspecified atom stereocenters. The molecule has 0 fully saturated rings. The highest BCUT2D eigenvalue weighted by atomic mass is 19.1. The van der Waals surface area contributed by atoms with Crippen molar-refractivity contribution in [1.82, 2.24) is 0 Å². The molecule has 0 aliphatic carbocycles. The molecule has 0 aliphatic rings. The van der Waals surface area contributed by atoms with Gasteiger partial charge in [-0.1, -0.05) is 0 Å². The van der Waals surface area contributed by atoms with Gasteiger partial charge in [-0.3, -0.25) is 4.39 Å². The number of halogens is 1. The van der Waals surface area contributed by atoms with E-state index in [1.807, 2.05) is 0 Å². The zero-order chi connectivity index (χ0) is 15.0. The summed E-state index contributed by atoms with van der Waals surface area (Å²) in [5.41, 5.74) is 0.596. The Hall–Kier alpha value is -2.24. The number of benzene rings is 1. The minimum Gasteiger partial charge on any atom is -0.493 e. The van der Waals surface area contributed by atoms with E-state index in [4.69, 9.17) is 19.3 Å². The van der Waals surface area contributed by atoms with Gasteiger partial charge in [0.1, 0.15) is 0 Å². The van der Waals surface area contributed by atoms with Crippen molar-refractivity contribution in [3.05, 3.63) is 23.8 Å². The van der Waals surface area contributed by atoms with E-state index in [1.54, 1.807) is 12.1 Å². The predicted octanol–water partition coefficient (Wildman–Crippen LogP) is 2.54. The Balaban J connectivity index is 3.07. The maximum atomic E-state index is 12.1. The number of alkyl halides is 1. The molecular formula is C14H17FO5. The number of carbonyl (C=O) groups is 1. The third-order valence-electron chi connectivity index (χ3n) is 2.43. The summed E-state index contributed by atoms with van der Waals surface area (Å²) in [4.78, 5) is 10.5. The third-order valence-corrected chi connectivity index (χ3v) is 2.43. The third kappa shape index (κ3) is 4.46. The van der Waals surface area contributed by atoms with E-state index < -0.39 is 12.6 Å². The number of carboxylic acid groups (broad SMARTS) is 1. The van der Waals surface area contributed by atoms with Crippen molar-refractivity contribution in [3.8, 4) is 17.2 Å². The second kappa shape index (κ2) is 8.04. The van der Waals surface area contributed by atoms with Gasteiger partial charge >= 0.3 is 5.97 Å². The van der Waals surface area contributed by atoms with E-state index in [-0.39, 0.29) is 13.0 Å². The molecule has 6 heteroatoms. The zero-order valence-corrected chi connectivity index (χ0v) is 11.4. The van der Waals surface area contributed by atoms with Crippen LogP contribution >= 0.6 is 0 Å². The van der Waals surface area contributed by atoms with Crippen molar-refractivity contribution in [2.45, 2.75) is 6.42 Å². The van der Waals surface area contributed by atoms with Crippen molar-refractivity contribution in [2.75, 3.05) is 27.5 Å². The van der Waals surface area contributed by atoms with Crippen molar-refractivity contribution in [2.24, 2.45) is 0 Å². The van der Waals surface area contributed by atoms with E-state index in [0.717, 1.165) is 6.08 Å². The number of aliphatic carboxylic acids is 1. The van der Waals surface area contributed by atoms with Gasteiger partial charge in [-0.15, -0.1) is 0 Å². The van der Waals surface area contributed by atoms with Crippen LogP contribution in [0.2, 0.25) is 0 Å². The molecule has 110 valence electrons. The van der Waals surface area contributed by atoms with E-state index in [9.17, 15) is 9.18 Å². The van der Waals surface area contributed by atoms with Crippen LogP contribution in [0.5, 0.6) is 17.2 Å². The molecule has 0 aromatic heterocycles. The Morgan fingerprint density at radius 1 is 1.30 bits per heavy atom. The Bertz CT molecular complexity index is 459. The molecule has 0 saturated heterocycles. The number of rotatable bonds is 8. The van der Waals surface area contributed by atoms with Crippen molar-refractivity contribution in [1.29, 1.82) is 0 Å². The first kappa shape index (κ1) is 15.8. The van der Waals surface area contributed by atoms with Crippen molar-refractivity contribution in [3.63, 3.8) is 0 Å². The highest BCUT2D eigenvalue weighted by molar-refractivity contribution is 5.85. The van der Waals surface area contributed by atoms with E-state index in [2.05, 4.69) is 0 Å². The quantitative estimate of drug-likeness (QED) is 0.587. The van der Waals surface area contributed by atoms with Gasteiger partial charge in [0.2, 0.25) is 5.75 Å². The first-order chi connectivity index (χ1) is 9.62. The largest absolute Gasteiger partial charge is 0.493 e. The van der Waals surface area contributed by atoms with E-state index in [0.29, 0.717) is 22.8 Å². The van der Waals surface area contributed by atoms with Gasteiger partial charge in [0.05, 0.1) is 27.5 Å². The van der Waals surface area contributed by atoms with Crippen LogP contribution in [0.15, 0.2) is 18.2 Å². The molecule has 0 amide bonds. The number of carboxylic acids is 1. The average molecular weight is 284 g/mol. The van der Waals surface area contributed by atoms with Gasteiger partial charge in [0.25, 0.3) is 0 Å². The molecule has 1 rings (SSSR count). The highest BCUT2D eigenvalue weighted by Crippen LogP contribution is 2.39. The van der Waals surface area contributed by atoms with Gasteiger partial charge in [-0.25, -0.2) is 4.79 Å². The number of ether oxygens (including phenoxy) is 3. The summed E-state index contributed by atoms with van der Waals surface area (Å²) in [6, 6.07) is 3.24. The van der Waals surface area contributed by atoms with Crippen molar-refractivity contribution < 1.29 is 28.5 Å². The molecule has 0 radical (unpaired) electrons. The topological polar surface area (TPSA) is 65.0 Å². The summed E-state index contributed by atoms with van der Waals surface area (Å²) in [7, 11) is 2.92. The lowest BCUT2D eigenvalue weighted by Crippen LogP contribution is -2.02. The maximum absolute atomic E-state index is 12.1. The number of hydrogen-bond acceptors (Lipinski definition) is 4. The van der Waals surface area contributed by atoms with Crippen LogP contribution in [0.3, 0.4) is 0 Å². The minimum atomic E-state index is -1.05. The van der Waals surface area contributed by atoms with Gasteiger partial charge in [0, 0.05) is 12.5 Å². The van der Waals surface area contributed by atoms with Crippen LogP contribution in [0.1, 0.15) is 12.0 Å². The standard InChI is InChI=1S/C14H17FO5/c1-18-11-8-10(4-5-13(16)17)9-12(19-2)14(11)20-7-3-6-15/h4-5,8-9H,3,6-7H2,1-2H3,(H,16,17)/b5-4+. The van der Waals surface area contributed by atoms with Crippen LogP contribution in [-0.2, 0) is 4.79 Å². The molecule has 1 N–H and O–H groups in total. The molecule has 0 saturated carbocycles. The summed E-state index contributed by atoms with van der Waals surface area (Å²) < 4.78 is 27.9. The first-order valence-electron chi connectivity index (χ1n) is 5.98. The average Bonchev–Trinajstić information content (AvgIpc) is 2.45. The highest BCUT2D eigenvalue weighted by Gasteiger charge is 2.13. The summed E-state index contributed by atoms with van der Waals surface area (Å²) in [6.45, 7) is -0.266. The molecule has 20 heavy (non-hydrogen) atoms. The second-order valence-electron chi connectivity index (χ2n) is 3.82. The monoisotopic (exact) mass is 284 g/mol. The summed E-state index contributed by atoms with van der Waals surface area (Å²) >= 11 is 0. The van der Waals surface area contributed by atoms with E-state index >= 15 is 0 Å². The first-order valence-corrected chi connectivity index (χ1v) is 5.98. The van der Waals surface area contributed by atoms with E-state index in [1.165, 1.54) is 20.3 Å². The zero-order valence-electron chi connectivity index (χ0n) is 11.4. The molecule has 0 spiro atoms. The molecule has 1 aromatic carbocycles. The predicted molar refractivity (Wildman–Crippen MR) is 72.3 cm³/mol. The molecule has 1 aromatic rings. The molecule has 0 bridgehead atoms. The second-order valence-corrected chi connectivity index (χ2v) is 3.82. The van der Waals surface area contributed by atoms with Crippen LogP contribution in [0.4, 0.5) is 4.39 Å².